The average Bonchev–Trinajstić information content (AvgIpc) is 2.47. The molecule has 5 heteroatoms. The monoisotopic (exact) mass is 297 g/mol. The summed E-state index contributed by atoms with van der Waals surface area (Å²) in [6.07, 6.45) is 0.968. The lowest BCUT2D eigenvalue weighted by Gasteiger charge is -2.17. The van der Waals surface area contributed by atoms with E-state index in [0.29, 0.717) is 18.1 Å². The van der Waals surface area contributed by atoms with Gasteiger partial charge in [-0.05, 0) is 43.8 Å². The van der Waals surface area contributed by atoms with Crippen molar-refractivity contribution in [3.63, 3.8) is 0 Å². The second kappa shape index (κ2) is 9.61. The third-order valence-electron chi connectivity index (χ3n) is 3.20. The molecule has 0 aliphatic carbocycles. The first-order valence-corrected chi connectivity index (χ1v) is 7.52. The average molecular weight is 298 g/mol. The SMILES string of the molecule is CCN(CC)CCCNC(=O)NCc1ccc(Cl)cc1. The number of amides is 2. The molecule has 0 aliphatic heterocycles. The van der Waals surface area contributed by atoms with E-state index in [-0.39, 0.29) is 6.03 Å². The standard InChI is InChI=1S/C15H24ClN3O/c1-3-19(4-2)11-5-10-17-15(20)18-12-13-6-8-14(16)9-7-13/h6-9H,3-5,10-12H2,1-2H3,(H2,17,18,20). The molecule has 0 saturated carbocycles. The van der Waals surface area contributed by atoms with Gasteiger partial charge in [0.05, 0.1) is 0 Å². The predicted octanol–water partition coefficient (Wildman–Crippen LogP) is 2.87. The van der Waals surface area contributed by atoms with E-state index in [0.717, 1.165) is 31.6 Å². The van der Waals surface area contributed by atoms with E-state index in [1.165, 1.54) is 0 Å². The van der Waals surface area contributed by atoms with Crippen LogP contribution in [0.15, 0.2) is 24.3 Å². The number of benzene rings is 1. The minimum atomic E-state index is -0.125. The van der Waals surface area contributed by atoms with Crippen molar-refractivity contribution in [3.05, 3.63) is 34.9 Å². The van der Waals surface area contributed by atoms with Crippen LogP contribution in [0.2, 0.25) is 5.02 Å². The molecule has 2 amide bonds. The van der Waals surface area contributed by atoms with Crippen molar-refractivity contribution in [1.29, 1.82) is 0 Å². The smallest absolute Gasteiger partial charge is 0.315 e. The molecule has 0 spiro atoms. The fraction of sp³-hybridized carbons (Fsp3) is 0.533. The zero-order valence-electron chi connectivity index (χ0n) is 12.3. The van der Waals surface area contributed by atoms with Gasteiger partial charge in [0, 0.05) is 18.1 Å². The van der Waals surface area contributed by atoms with Gasteiger partial charge in [-0.2, -0.15) is 0 Å². The second-order valence-corrected chi connectivity index (χ2v) is 5.05. The highest BCUT2D eigenvalue weighted by molar-refractivity contribution is 6.30. The van der Waals surface area contributed by atoms with Crippen LogP contribution in [-0.4, -0.2) is 37.1 Å². The first-order valence-electron chi connectivity index (χ1n) is 7.14. The van der Waals surface area contributed by atoms with Crippen LogP contribution in [0.5, 0.6) is 0 Å². The minimum absolute atomic E-state index is 0.125. The summed E-state index contributed by atoms with van der Waals surface area (Å²) in [6.45, 7) is 8.64. The summed E-state index contributed by atoms with van der Waals surface area (Å²) < 4.78 is 0. The zero-order valence-corrected chi connectivity index (χ0v) is 13.0. The van der Waals surface area contributed by atoms with Gasteiger partial charge in [-0.1, -0.05) is 37.6 Å². The van der Waals surface area contributed by atoms with Crippen LogP contribution in [0, 0.1) is 0 Å². The lowest BCUT2D eigenvalue weighted by molar-refractivity contribution is 0.239. The Morgan fingerprint density at radius 2 is 1.80 bits per heavy atom. The maximum absolute atomic E-state index is 11.6. The lowest BCUT2D eigenvalue weighted by Crippen LogP contribution is -2.36. The maximum atomic E-state index is 11.6. The van der Waals surface area contributed by atoms with Gasteiger partial charge >= 0.3 is 6.03 Å². The van der Waals surface area contributed by atoms with Crippen LogP contribution in [0.1, 0.15) is 25.8 Å². The van der Waals surface area contributed by atoms with Gasteiger partial charge in [0.25, 0.3) is 0 Å². The van der Waals surface area contributed by atoms with Crippen molar-refractivity contribution >= 4 is 17.6 Å². The van der Waals surface area contributed by atoms with E-state index in [2.05, 4.69) is 29.4 Å². The Bertz CT molecular complexity index is 391. The molecular formula is C15H24ClN3O. The number of halogens is 1. The number of carbonyl (C=O) groups excluding carboxylic acids is 1. The number of hydrogen-bond acceptors (Lipinski definition) is 2. The van der Waals surface area contributed by atoms with Gasteiger partial charge in [-0.3, -0.25) is 0 Å². The molecule has 1 aromatic carbocycles. The molecule has 20 heavy (non-hydrogen) atoms. The third-order valence-corrected chi connectivity index (χ3v) is 3.45. The molecule has 2 N–H and O–H groups in total. The molecule has 1 rings (SSSR count). The van der Waals surface area contributed by atoms with E-state index in [4.69, 9.17) is 11.6 Å². The summed E-state index contributed by atoms with van der Waals surface area (Å²) in [6, 6.07) is 7.33. The van der Waals surface area contributed by atoms with Crippen molar-refractivity contribution in [2.75, 3.05) is 26.2 Å². The second-order valence-electron chi connectivity index (χ2n) is 4.62. The van der Waals surface area contributed by atoms with E-state index < -0.39 is 0 Å². The van der Waals surface area contributed by atoms with E-state index in [9.17, 15) is 4.79 Å². The Kier molecular flexibility index (Phi) is 8.07. The van der Waals surface area contributed by atoms with Crippen LogP contribution in [0.4, 0.5) is 4.79 Å². The largest absolute Gasteiger partial charge is 0.338 e. The Balaban J connectivity index is 2.13. The highest BCUT2D eigenvalue weighted by atomic mass is 35.5. The number of nitrogens with one attached hydrogen (secondary N) is 2. The fourth-order valence-electron chi connectivity index (χ4n) is 1.89. The fourth-order valence-corrected chi connectivity index (χ4v) is 2.02. The molecule has 112 valence electrons. The van der Waals surface area contributed by atoms with E-state index in [1.54, 1.807) is 0 Å². The van der Waals surface area contributed by atoms with Crippen LogP contribution in [0.25, 0.3) is 0 Å². The summed E-state index contributed by atoms with van der Waals surface area (Å²) >= 11 is 5.80. The van der Waals surface area contributed by atoms with Gasteiger partial charge in [0.1, 0.15) is 0 Å². The summed E-state index contributed by atoms with van der Waals surface area (Å²) in [4.78, 5) is 13.9. The summed E-state index contributed by atoms with van der Waals surface area (Å²) in [5.74, 6) is 0. The van der Waals surface area contributed by atoms with Gasteiger partial charge in [-0.25, -0.2) is 4.79 Å². The summed E-state index contributed by atoms with van der Waals surface area (Å²) in [5, 5.41) is 6.40. The Hall–Kier alpha value is -1.26. The van der Waals surface area contributed by atoms with Crippen molar-refractivity contribution in [2.45, 2.75) is 26.8 Å². The summed E-state index contributed by atoms with van der Waals surface area (Å²) in [7, 11) is 0. The molecule has 0 saturated heterocycles. The molecule has 0 unspecified atom stereocenters. The molecule has 0 atom stereocenters. The highest BCUT2D eigenvalue weighted by Crippen LogP contribution is 2.08. The summed E-state index contributed by atoms with van der Waals surface area (Å²) in [5.41, 5.74) is 1.03. The topological polar surface area (TPSA) is 44.4 Å². The van der Waals surface area contributed by atoms with Gasteiger partial charge < -0.3 is 15.5 Å². The quantitative estimate of drug-likeness (QED) is 0.725. The van der Waals surface area contributed by atoms with Crippen molar-refractivity contribution in [1.82, 2.24) is 15.5 Å². The van der Waals surface area contributed by atoms with Crippen LogP contribution < -0.4 is 10.6 Å². The van der Waals surface area contributed by atoms with Crippen molar-refractivity contribution in [2.24, 2.45) is 0 Å². The molecule has 1 aromatic rings. The predicted molar refractivity (Wildman–Crippen MR) is 84.1 cm³/mol. The van der Waals surface area contributed by atoms with E-state index in [1.807, 2.05) is 24.3 Å². The van der Waals surface area contributed by atoms with Crippen molar-refractivity contribution in [3.8, 4) is 0 Å². The first-order chi connectivity index (χ1) is 9.65. The highest BCUT2D eigenvalue weighted by Gasteiger charge is 2.01. The van der Waals surface area contributed by atoms with Gasteiger partial charge in [0.2, 0.25) is 0 Å². The van der Waals surface area contributed by atoms with E-state index >= 15 is 0 Å². The number of urea groups is 1. The zero-order chi connectivity index (χ0) is 14.8. The Morgan fingerprint density at radius 1 is 1.15 bits per heavy atom. The molecular weight excluding hydrogens is 274 g/mol. The molecule has 0 aliphatic rings. The third kappa shape index (κ3) is 6.78. The molecule has 0 fully saturated rings. The minimum Gasteiger partial charge on any atom is -0.338 e. The van der Waals surface area contributed by atoms with Crippen LogP contribution in [-0.2, 0) is 6.54 Å². The maximum Gasteiger partial charge on any atom is 0.315 e. The van der Waals surface area contributed by atoms with Gasteiger partial charge in [-0.15, -0.1) is 0 Å². The van der Waals surface area contributed by atoms with Crippen molar-refractivity contribution < 1.29 is 4.79 Å². The Labute approximate surface area is 126 Å². The first kappa shape index (κ1) is 16.8. The van der Waals surface area contributed by atoms with Crippen LogP contribution in [0.3, 0.4) is 0 Å². The lowest BCUT2D eigenvalue weighted by atomic mass is 10.2. The molecule has 0 radical (unpaired) electrons. The number of nitrogens with zero attached hydrogens (tertiary/aromatic N) is 1. The Morgan fingerprint density at radius 3 is 2.40 bits per heavy atom. The molecule has 0 bridgehead atoms. The molecule has 4 nitrogen and oxygen atoms in total. The van der Waals surface area contributed by atoms with Gasteiger partial charge in [0.15, 0.2) is 0 Å². The van der Waals surface area contributed by atoms with Crippen LogP contribution >= 0.6 is 11.6 Å². The number of carbonyl (C=O) groups is 1. The molecule has 0 aromatic heterocycles. The number of rotatable bonds is 8. The number of hydrogen-bond donors (Lipinski definition) is 2. The molecule has 0 heterocycles. The normalized spacial score (nSPS) is 10.6.